The first-order valence-corrected chi connectivity index (χ1v) is 5.33. The maximum absolute atomic E-state index is 10.7. The molecule has 5 heteroatoms. The van der Waals surface area contributed by atoms with Crippen LogP contribution in [0.15, 0.2) is 36.7 Å². The lowest BCUT2D eigenvalue weighted by Gasteiger charge is -2.05. The largest absolute Gasteiger partial charge is 0.378 e. The maximum Gasteiger partial charge on any atom is 0.221 e. The third-order valence-electron chi connectivity index (χ3n) is 2.35. The third-order valence-corrected chi connectivity index (χ3v) is 2.35. The van der Waals surface area contributed by atoms with E-state index in [1.807, 2.05) is 24.3 Å². The molecule has 0 bridgehead atoms. The highest BCUT2D eigenvalue weighted by molar-refractivity contribution is 5.76. The van der Waals surface area contributed by atoms with Gasteiger partial charge < -0.3 is 16.0 Å². The van der Waals surface area contributed by atoms with E-state index in [0.717, 1.165) is 17.1 Å². The zero-order chi connectivity index (χ0) is 12.1. The number of aromatic nitrogens is 2. The summed E-state index contributed by atoms with van der Waals surface area (Å²) in [6, 6.07) is 7.60. The zero-order valence-electron chi connectivity index (χ0n) is 9.31. The Balaban J connectivity index is 1.91. The number of nitrogens with zero attached hydrogens (tertiary/aromatic N) is 1. The molecule has 1 heterocycles. The van der Waals surface area contributed by atoms with Crippen LogP contribution in [0.25, 0.3) is 0 Å². The van der Waals surface area contributed by atoms with Crippen LogP contribution in [0.3, 0.4) is 0 Å². The van der Waals surface area contributed by atoms with Crippen LogP contribution >= 0.6 is 0 Å². The molecule has 0 atom stereocenters. The summed E-state index contributed by atoms with van der Waals surface area (Å²) >= 11 is 0. The topological polar surface area (TPSA) is 83.8 Å². The van der Waals surface area contributed by atoms with E-state index in [1.165, 1.54) is 0 Å². The van der Waals surface area contributed by atoms with Crippen LogP contribution in [0.2, 0.25) is 0 Å². The number of rotatable bonds is 5. The predicted molar refractivity (Wildman–Crippen MR) is 65.3 cm³/mol. The van der Waals surface area contributed by atoms with E-state index >= 15 is 0 Å². The van der Waals surface area contributed by atoms with Crippen molar-refractivity contribution < 1.29 is 4.79 Å². The van der Waals surface area contributed by atoms with E-state index in [2.05, 4.69) is 15.3 Å². The number of hydrogen-bond acceptors (Lipinski definition) is 3. The van der Waals surface area contributed by atoms with Crippen molar-refractivity contribution in [3.05, 3.63) is 48.0 Å². The Morgan fingerprint density at radius 1 is 1.35 bits per heavy atom. The molecule has 1 aromatic heterocycles. The van der Waals surface area contributed by atoms with E-state index in [-0.39, 0.29) is 12.3 Å². The highest BCUT2D eigenvalue weighted by Crippen LogP contribution is 2.10. The van der Waals surface area contributed by atoms with Crippen molar-refractivity contribution >= 4 is 11.6 Å². The average Bonchev–Trinajstić information content (AvgIpc) is 2.80. The fourth-order valence-corrected chi connectivity index (χ4v) is 1.52. The fraction of sp³-hybridized carbons (Fsp3) is 0.167. The number of aromatic amines is 1. The molecule has 1 aromatic carbocycles. The molecule has 0 radical (unpaired) electrons. The van der Waals surface area contributed by atoms with Gasteiger partial charge in [-0.25, -0.2) is 4.98 Å². The lowest BCUT2D eigenvalue weighted by Crippen LogP contribution is -2.13. The molecule has 0 spiro atoms. The van der Waals surface area contributed by atoms with Crippen LogP contribution in [0.5, 0.6) is 0 Å². The summed E-state index contributed by atoms with van der Waals surface area (Å²) in [5.74, 6) is 0.563. The van der Waals surface area contributed by atoms with Crippen molar-refractivity contribution in [2.75, 3.05) is 5.32 Å². The lowest BCUT2D eigenvalue weighted by molar-refractivity contribution is -0.117. The van der Waals surface area contributed by atoms with Gasteiger partial charge in [-0.15, -0.1) is 0 Å². The summed E-state index contributed by atoms with van der Waals surface area (Å²) in [6.07, 6.45) is 3.78. The second-order valence-corrected chi connectivity index (χ2v) is 3.73. The van der Waals surface area contributed by atoms with Gasteiger partial charge in [0.2, 0.25) is 5.91 Å². The van der Waals surface area contributed by atoms with Crippen LogP contribution in [0, 0.1) is 0 Å². The summed E-state index contributed by atoms with van der Waals surface area (Å²) in [5.41, 5.74) is 7.02. The number of carbonyl (C=O) groups excluding carboxylic acids is 1. The molecule has 1 amide bonds. The summed E-state index contributed by atoms with van der Waals surface area (Å²) in [6.45, 7) is 0.641. The van der Waals surface area contributed by atoms with Crippen molar-refractivity contribution in [3.63, 3.8) is 0 Å². The second kappa shape index (κ2) is 5.16. The molecule has 0 unspecified atom stereocenters. The van der Waals surface area contributed by atoms with Gasteiger partial charge in [0.15, 0.2) is 0 Å². The molecule has 0 aliphatic rings. The Bertz CT molecular complexity index is 476. The molecule has 0 saturated heterocycles. The number of carbonyl (C=O) groups is 1. The smallest absolute Gasteiger partial charge is 0.221 e. The molecule has 2 aromatic rings. The summed E-state index contributed by atoms with van der Waals surface area (Å²) in [7, 11) is 0. The van der Waals surface area contributed by atoms with Crippen molar-refractivity contribution in [1.29, 1.82) is 0 Å². The van der Waals surface area contributed by atoms with Crippen molar-refractivity contribution in [1.82, 2.24) is 9.97 Å². The van der Waals surface area contributed by atoms with Crippen LogP contribution < -0.4 is 11.1 Å². The van der Waals surface area contributed by atoms with Crippen LogP contribution in [0.4, 0.5) is 5.69 Å². The van der Waals surface area contributed by atoms with Gasteiger partial charge in [0.25, 0.3) is 0 Å². The number of H-pyrrole nitrogens is 1. The summed E-state index contributed by atoms with van der Waals surface area (Å²) < 4.78 is 0. The molecular formula is C12H14N4O. The predicted octanol–water partition coefficient (Wildman–Crippen LogP) is 1.05. The minimum atomic E-state index is -0.318. The van der Waals surface area contributed by atoms with Gasteiger partial charge in [0.1, 0.15) is 5.82 Å². The second-order valence-electron chi connectivity index (χ2n) is 3.73. The molecule has 4 N–H and O–H groups in total. The first kappa shape index (κ1) is 11.2. The average molecular weight is 230 g/mol. The number of anilines is 1. The molecule has 17 heavy (non-hydrogen) atoms. The van der Waals surface area contributed by atoms with E-state index in [1.54, 1.807) is 12.4 Å². The summed E-state index contributed by atoms with van der Waals surface area (Å²) in [5, 5.41) is 3.22. The van der Waals surface area contributed by atoms with Gasteiger partial charge >= 0.3 is 0 Å². The van der Waals surface area contributed by atoms with E-state index in [0.29, 0.717) is 6.54 Å². The van der Waals surface area contributed by atoms with Gasteiger partial charge in [-0.05, 0) is 17.7 Å². The highest BCUT2D eigenvalue weighted by Gasteiger charge is 1.99. The SMILES string of the molecule is NC(=O)Cc1ccc(NCc2ncc[nH]2)cc1. The van der Waals surface area contributed by atoms with Crippen molar-refractivity contribution in [2.45, 2.75) is 13.0 Å². The Labute approximate surface area is 99.1 Å². The molecular weight excluding hydrogens is 216 g/mol. The summed E-state index contributed by atoms with van der Waals surface area (Å²) in [4.78, 5) is 17.8. The first-order valence-electron chi connectivity index (χ1n) is 5.33. The van der Waals surface area contributed by atoms with Crippen LogP contribution in [0.1, 0.15) is 11.4 Å². The van der Waals surface area contributed by atoms with E-state index in [4.69, 9.17) is 5.73 Å². The number of nitrogens with two attached hydrogens (primary N) is 1. The Morgan fingerprint density at radius 3 is 2.71 bits per heavy atom. The van der Waals surface area contributed by atoms with E-state index < -0.39 is 0 Å². The van der Waals surface area contributed by atoms with Gasteiger partial charge in [0.05, 0.1) is 13.0 Å². The number of benzene rings is 1. The molecule has 0 aliphatic carbocycles. The van der Waals surface area contributed by atoms with E-state index in [9.17, 15) is 4.79 Å². The number of primary amides is 1. The zero-order valence-corrected chi connectivity index (χ0v) is 9.31. The third kappa shape index (κ3) is 3.34. The highest BCUT2D eigenvalue weighted by atomic mass is 16.1. The van der Waals surface area contributed by atoms with Crippen LogP contribution in [-0.4, -0.2) is 15.9 Å². The molecule has 5 nitrogen and oxygen atoms in total. The van der Waals surface area contributed by atoms with Crippen molar-refractivity contribution in [3.8, 4) is 0 Å². The monoisotopic (exact) mass is 230 g/mol. The number of imidazole rings is 1. The van der Waals surface area contributed by atoms with Gasteiger partial charge in [-0.2, -0.15) is 0 Å². The molecule has 0 aliphatic heterocycles. The molecule has 0 fully saturated rings. The standard InChI is InChI=1S/C12H14N4O/c13-11(17)7-9-1-3-10(4-2-9)16-8-12-14-5-6-15-12/h1-6,16H,7-8H2,(H2,13,17)(H,14,15). The minimum Gasteiger partial charge on any atom is -0.378 e. The Kier molecular flexibility index (Phi) is 3.40. The fourth-order valence-electron chi connectivity index (χ4n) is 1.52. The number of amides is 1. The maximum atomic E-state index is 10.7. The quantitative estimate of drug-likeness (QED) is 0.717. The lowest BCUT2D eigenvalue weighted by atomic mass is 10.1. The number of hydrogen-bond donors (Lipinski definition) is 3. The molecule has 2 rings (SSSR count). The first-order chi connectivity index (χ1) is 8.24. The number of nitrogens with one attached hydrogen (secondary N) is 2. The Hall–Kier alpha value is -2.30. The van der Waals surface area contributed by atoms with Gasteiger partial charge in [-0.1, -0.05) is 12.1 Å². The van der Waals surface area contributed by atoms with Crippen molar-refractivity contribution in [2.24, 2.45) is 5.73 Å². The minimum absolute atomic E-state index is 0.276. The normalized spacial score (nSPS) is 10.1. The molecule has 88 valence electrons. The van der Waals surface area contributed by atoms with Gasteiger partial charge in [-0.3, -0.25) is 4.79 Å². The molecule has 0 saturated carbocycles. The Morgan fingerprint density at radius 2 is 2.12 bits per heavy atom. The van der Waals surface area contributed by atoms with Gasteiger partial charge in [0, 0.05) is 18.1 Å². The van der Waals surface area contributed by atoms with Crippen LogP contribution in [-0.2, 0) is 17.8 Å².